The molecule has 6 nitrogen and oxygen atoms in total. The van der Waals surface area contributed by atoms with Crippen molar-refractivity contribution in [3.8, 4) is 22.4 Å². The number of aromatic nitrogens is 3. The van der Waals surface area contributed by atoms with Crippen molar-refractivity contribution in [3.05, 3.63) is 66.5 Å². The number of anilines is 2. The van der Waals surface area contributed by atoms with Crippen molar-refractivity contribution in [2.75, 3.05) is 24.3 Å². The van der Waals surface area contributed by atoms with Crippen LogP contribution >= 0.6 is 0 Å². The van der Waals surface area contributed by atoms with Gasteiger partial charge in [0.25, 0.3) is 0 Å². The second-order valence-corrected chi connectivity index (χ2v) is 7.57. The van der Waals surface area contributed by atoms with E-state index in [1.807, 2.05) is 51.4 Å². The number of nitrogens with one attached hydrogen (secondary N) is 1. The van der Waals surface area contributed by atoms with E-state index in [9.17, 15) is 4.79 Å². The largest absolute Gasteiger partial charge is 0.378 e. The number of aryl methyl sites for hydroxylation is 1. The molecular weight excluding hydrogens is 386 g/mol. The lowest BCUT2D eigenvalue weighted by Crippen LogP contribution is -2.13. The molecule has 0 aliphatic heterocycles. The number of rotatable bonds is 5. The van der Waals surface area contributed by atoms with Gasteiger partial charge in [0.15, 0.2) is 0 Å². The average molecular weight is 412 g/mol. The first-order valence-electron chi connectivity index (χ1n) is 10.3. The highest BCUT2D eigenvalue weighted by Gasteiger charge is 2.17. The van der Waals surface area contributed by atoms with Gasteiger partial charge in [-0.15, -0.1) is 0 Å². The zero-order valence-corrected chi connectivity index (χ0v) is 18.2. The first kappa shape index (κ1) is 20.5. The van der Waals surface area contributed by atoms with E-state index in [0.29, 0.717) is 12.4 Å². The molecule has 4 aromatic rings. The summed E-state index contributed by atoms with van der Waals surface area (Å²) in [6.45, 7) is 3.81. The molecule has 0 aliphatic rings. The van der Waals surface area contributed by atoms with Crippen LogP contribution in [0, 0.1) is 6.92 Å². The SMILES string of the molecule is CCC(=O)Nc1nc(-c2ccnc(C)c2-c2ccc(N(C)C)cc2)c2ccccc2n1. The number of nitrogens with zero attached hydrogens (tertiary/aromatic N) is 4. The Bertz CT molecular complexity index is 1250. The highest BCUT2D eigenvalue weighted by atomic mass is 16.1. The van der Waals surface area contributed by atoms with Crippen LogP contribution in [0.2, 0.25) is 0 Å². The molecule has 0 bridgehead atoms. The van der Waals surface area contributed by atoms with Gasteiger partial charge < -0.3 is 4.90 Å². The van der Waals surface area contributed by atoms with E-state index >= 15 is 0 Å². The molecule has 31 heavy (non-hydrogen) atoms. The molecule has 0 unspecified atom stereocenters. The van der Waals surface area contributed by atoms with E-state index in [2.05, 4.69) is 44.5 Å². The summed E-state index contributed by atoms with van der Waals surface area (Å²) in [6, 6.07) is 18.2. The smallest absolute Gasteiger partial charge is 0.230 e. The number of carbonyl (C=O) groups is 1. The number of para-hydroxylation sites is 1. The van der Waals surface area contributed by atoms with Crippen molar-refractivity contribution in [1.29, 1.82) is 0 Å². The Morgan fingerprint density at radius 1 is 1.00 bits per heavy atom. The Labute approximate surface area is 182 Å². The molecule has 0 aliphatic carbocycles. The van der Waals surface area contributed by atoms with Gasteiger partial charge in [-0.25, -0.2) is 9.97 Å². The number of fused-ring (bicyclic) bond motifs is 1. The predicted octanol–water partition coefficient (Wildman–Crippen LogP) is 5.08. The molecule has 0 saturated heterocycles. The highest BCUT2D eigenvalue weighted by Crippen LogP contribution is 2.37. The standard InChI is InChI=1S/C25H25N5O/c1-5-22(31)28-25-27-21-9-7-6-8-19(21)24(29-25)20-14-15-26-16(2)23(20)17-10-12-18(13-11-17)30(3)4/h6-15H,5H2,1-4H3,(H,27,28,29,31). The molecule has 0 radical (unpaired) electrons. The molecule has 2 aromatic heterocycles. The Hall–Kier alpha value is -3.80. The molecular formula is C25H25N5O. The topological polar surface area (TPSA) is 71.0 Å². The van der Waals surface area contributed by atoms with Crippen LogP contribution in [-0.2, 0) is 4.79 Å². The Kier molecular flexibility index (Phi) is 5.62. The normalized spacial score (nSPS) is 10.8. The van der Waals surface area contributed by atoms with Crippen LogP contribution < -0.4 is 10.2 Å². The molecule has 1 amide bonds. The van der Waals surface area contributed by atoms with Crippen LogP contribution in [-0.4, -0.2) is 35.0 Å². The van der Waals surface area contributed by atoms with Gasteiger partial charge in [-0.1, -0.05) is 37.3 Å². The second-order valence-electron chi connectivity index (χ2n) is 7.57. The van der Waals surface area contributed by atoms with E-state index in [1.54, 1.807) is 13.1 Å². The van der Waals surface area contributed by atoms with Crippen LogP contribution in [0.1, 0.15) is 19.0 Å². The molecule has 2 aromatic carbocycles. The first-order valence-corrected chi connectivity index (χ1v) is 10.3. The second kappa shape index (κ2) is 8.52. The van der Waals surface area contributed by atoms with Crippen LogP contribution in [0.5, 0.6) is 0 Å². The highest BCUT2D eigenvalue weighted by molar-refractivity contribution is 5.99. The van der Waals surface area contributed by atoms with Gasteiger partial charge in [0.2, 0.25) is 11.9 Å². The Morgan fingerprint density at radius 3 is 2.45 bits per heavy atom. The van der Waals surface area contributed by atoms with Crippen LogP contribution in [0.15, 0.2) is 60.8 Å². The van der Waals surface area contributed by atoms with E-state index in [4.69, 9.17) is 4.98 Å². The van der Waals surface area contributed by atoms with E-state index in [0.717, 1.165) is 44.7 Å². The summed E-state index contributed by atoms with van der Waals surface area (Å²) in [5, 5.41) is 3.73. The number of benzene rings is 2. The number of pyridine rings is 1. The predicted molar refractivity (Wildman–Crippen MR) is 126 cm³/mol. The summed E-state index contributed by atoms with van der Waals surface area (Å²) >= 11 is 0. The summed E-state index contributed by atoms with van der Waals surface area (Å²) in [5.41, 5.74) is 6.63. The van der Waals surface area contributed by atoms with Gasteiger partial charge in [0.1, 0.15) is 0 Å². The molecule has 1 N–H and O–H groups in total. The minimum Gasteiger partial charge on any atom is -0.378 e. The molecule has 156 valence electrons. The van der Waals surface area contributed by atoms with Crippen molar-refractivity contribution >= 4 is 28.4 Å². The summed E-state index contributed by atoms with van der Waals surface area (Å²) in [7, 11) is 4.05. The van der Waals surface area contributed by atoms with Crippen molar-refractivity contribution in [3.63, 3.8) is 0 Å². The fourth-order valence-corrected chi connectivity index (χ4v) is 3.61. The summed E-state index contributed by atoms with van der Waals surface area (Å²) in [5.74, 6) is 0.190. The van der Waals surface area contributed by atoms with Gasteiger partial charge in [-0.05, 0) is 36.8 Å². The lowest BCUT2D eigenvalue weighted by Gasteiger charge is -2.16. The third-order valence-electron chi connectivity index (χ3n) is 5.24. The summed E-state index contributed by atoms with van der Waals surface area (Å²) in [4.78, 5) is 27.9. The maximum Gasteiger partial charge on any atom is 0.230 e. The molecule has 0 fully saturated rings. The third-order valence-corrected chi connectivity index (χ3v) is 5.24. The van der Waals surface area contributed by atoms with Crippen molar-refractivity contribution < 1.29 is 4.79 Å². The van der Waals surface area contributed by atoms with Crippen molar-refractivity contribution in [1.82, 2.24) is 15.0 Å². The lowest BCUT2D eigenvalue weighted by molar-refractivity contribution is -0.115. The fraction of sp³-hybridized carbons (Fsp3) is 0.200. The van der Waals surface area contributed by atoms with Crippen molar-refractivity contribution in [2.24, 2.45) is 0 Å². The molecule has 6 heteroatoms. The van der Waals surface area contributed by atoms with Gasteiger partial charge in [0, 0.05) is 54.6 Å². The summed E-state index contributed by atoms with van der Waals surface area (Å²) in [6.07, 6.45) is 2.16. The Morgan fingerprint density at radius 2 is 1.74 bits per heavy atom. The van der Waals surface area contributed by atoms with Gasteiger partial charge in [-0.3, -0.25) is 15.1 Å². The van der Waals surface area contributed by atoms with Crippen LogP contribution in [0.25, 0.3) is 33.3 Å². The molecule has 2 heterocycles. The summed E-state index contributed by atoms with van der Waals surface area (Å²) < 4.78 is 0. The zero-order valence-electron chi connectivity index (χ0n) is 18.2. The van der Waals surface area contributed by atoms with E-state index in [-0.39, 0.29) is 5.91 Å². The van der Waals surface area contributed by atoms with Gasteiger partial charge in [-0.2, -0.15) is 0 Å². The number of amides is 1. The van der Waals surface area contributed by atoms with Crippen LogP contribution in [0.4, 0.5) is 11.6 Å². The number of hydrogen-bond donors (Lipinski definition) is 1. The monoisotopic (exact) mass is 411 g/mol. The minimum absolute atomic E-state index is 0.119. The van der Waals surface area contributed by atoms with Gasteiger partial charge >= 0.3 is 0 Å². The fourth-order valence-electron chi connectivity index (χ4n) is 3.61. The van der Waals surface area contributed by atoms with E-state index in [1.165, 1.54) is 0 Å². The Balaban J connectivity index is 1.94. The van der Waals surface area contributed by atoms with Crippen LogP contribution in [0.3, 0.4) is 0 Å². The quantitative estimate of drug-likeness (QED) is 0.496. The number of carbonyl (C=O) groups excluding carboxylic acids is 1. The first-order chi connectivity index (χ1) is 15.0. The maximum absolute atomic E-state index is 12.0. The average Bonchev–Trinajstić information content (AvgIpc) is 2.78. The molecule has 0 atom stereocenters. The molecule has 0 saturated carbocycles. The lowest BCUT2D eigenvalue weighted by atomic mass is 9.94. The maximum atomic E-state index is 12.0. The van der Waals surface area contributed by atoms with E-state index < -0.39 is 0 Å². The molecule has 4 rings (SSSR count). The molecule has 0 spiro atoms. The minimum atomic E-state index is -0.119. The zero-order chi connectivity index (χ0) is 22.0. The van der Waals surface area contributed by atoms with Gasteiger partial charge in [0.05, 0.1) is 11.2 Å². The third kappa shape index (κ3) is 4.10. The van der Waals surface area contributed by atoms with Crippen molar-refractivity contribution in [2.45, 2.75) is 20.3 Å². The number of hydrogen-bond acceptors (Lipinski definition) is 5.